The minimum absolute atomic E-state index is 0.170. The molecule has 1 aliphatic rings. The van der Waals surface area contributed by atoms with Crippen LogP contribution >= 0.6 is 15.9 Å². The molecule has 0 radical (unpaired) electrons. The number of benzene rings is 1. The Morgan fingerprint density at radius 1 is 1.38 bits per heavy atom. The molecule has 3 N–H and O–H groups in total. The van der Waals surface area contributed by atoms with Crippen LogP contribution in [0.4, 0.5) is 14.6 Å². The van der Waals surface area contributed by atoms with Crippen molar-refractivity contribution in [3.63, 3.8) is 0 Å². The highest BCUT2D eigenvalue weighted by molar-refractivity contribution is 9.10. The molecule has 0 atom stereocenters. The van der Waals surface area contributed by atoms with Crippen molar-refractivity contribution in [3.8, 4) is 0 Å². The molecule has 2 aromatic rings. The summed E-state index contributed by atoms with van der Waals surface area (Å²) in [5.41, 5.74) is 4.29. The highest BCUT2D eigenvalue weighted by Gasteiger charge is 2.43. The lowest BCUT2D eigenvalue weighted by molar-refractivity contribution is 0.0240. The molecule has 3 rings (SSSR count). The first-order chi connectivity index (χ1) is 10.0. The number of anilines is 1. The van der Waals surface area contributed by atoms with Gasteiger partial charge in [-0.15, -0.1) is 0 Å². The number of pyridine rings is 1. The van der Waals surface area contributed by atoms with Crippen molar-refractivity contribution in [2.45, 2.75) is 18.5 Å². The number of halogens is 3. The zero-order valence-corrected chi connectivity index (χ0v) is 13.0. The monoisotopic (exact) mass is 355 g/mol. The molecule has 1 saturated carbocycles. The number of nitrogens with one attached hydrogen (secondary N) is 1. The fourth-order valence-corrected chi connectivity index (χ4v) is 3.30. The molecule has 1 aromatic heterocycles. The van der Waals surface area contributed by atoms with Crippen LogP contribution in [0, 0.1) is 11.7 Å². The van der Waals surface area contributed by atoms with Gasteiger partial charge >= 0.3 is 0 Å². The highest BCUT2D eigenvalue weighted by Crippen LogP contribution is 2.41. The van der Waals surface area contributed by atoms with Gasteiger partial charge in [0.05, 0.1) is 6.54 Å². The predicted octanol–water partition coefficient (Wildman–Crippen LogP) is 3.63. The molecular formula is C15H16BrF2N3. The second kappa shape index (κ2) is 5.50. The van der Waals surface area contributed by atoms with E-state index in [1.165, 1.54) is 12.1 Å². The average molecular weight is 356 g/mol. The van der Waals surface area contributed by atoms with Crippen LogP contribution in [0.25, 0.3) is 10.8 Å². The number of aromatic nitrogens is 1. The molecule has 3 nitrogen and oxygen atoms in total. The zero-order valence-electron chi connectivity index (χ0n) is 11.4. The van der Waals surface area contributed by atoms with Gasteiger partial charge in [0, 0.05) is 21.4 Å². The first-order valence-corrected chi connectivity index (χ1v) is 7.67. The minimum Gasteiger partial charge on any atom is -0.366 e. The average Bonchev–Trinajstić information content (AvgIpc) is 2.43. The molecule has 21 heavy (non-hydrogen) atoms. The van der Waals surface area contributed by atoms with E-state index in [9.17, 15) is 8.78 Å². The third kappa shape index (κ3) is 2.87. The molecule has 0 amide bonds. The van der Waals surface area contributed by atoms with Crippen molar-refractivity contribution in [1.29, 1.82) is 0 Å². The molecular weight excluding hydrogens is 340 g/mol. The molecule has 0 saturated heterocycles. The first kappa shape index (κ1) is 14.7. The van der Waals surface area contributed by atoms with Gasteiger partial charge in [-0.3, -0.25) is 0 Å². The van der Waals surface area contributed by atoms with Crippen molar-refractivity contribution in [2.75, 3.05) is 18.4 Å². The van der Waals surface area contributed by atoms with Crippen molar-refractivity contribution in [1.82, 2.24) is 4.98 Å². The van der Waals surface area contributed by atoms with Crippen LogP contribution in [-0.2, 0) is 0 Å². The highest BCUT2D eigenvalue weighted by atomic mass is 79.9. The zero-order chi connectivity index (χ0) is 15.0. The fraction of sp³-hybridized carbons (Fsp3) is 0.400. The Labute approximate surface area is 130 Å². The molecule has 1 aromatic carbocycles. The smallest absolute Gasteiger partial charge is 0.134 e. The van der Waals surface area contributed by atoms with Crippen LogP contribution in [0.5, 0.6) is 0 Å². The van der Waals surface area contributed by atoms with Crippen molar-refractivity contribution in [2.24, 2.45) is 11.7 Å². The van der Waals surface area contributed by atoms with E-state index in [0.29, 0.717) is 30.6 Å². The molecule has 0 unspecified atom stereocenters. The van der Waals surface area contributed by atoms with Crippen LogP contribution in [-0.4, -0.2) is 23.7 Å². The summed E-state index contributed by atoms with van der Waals surface area (Å²) in [6.45, 7) is 0.695. The van der Waals surface area contributed by atoms with Gasteiger partial charge in [-0.05, 0) is 53.4 Å². The maximum Gasteiger partial charge on any atom is 0.134 e. The second-order valence-corrected chi connectivity index (χ2v) is 6.51. The Morgan fingerprint density at radius 2 is 2.14 bits per heavy atom. The number of hydrogen-bond acceptors (Lipinski definition) is 3. The van der Waals surface area contributed by atoms with E-state index >= 15 is 0 Å². The van der Waals surface area contributed by atoms with E-state index in [1.54, 1.807) is 12.3 Å². The second-order valence-electron chi connectivity index (χ2n) is 5.66. The van der Waals surface area contributed by atoms with Gasteiger partial charge in [0.15, 0.2) is 0 Å². The summed E-state index contributed by atoms with van der Waals surface area (Å²) in [6, 6.07) is 4.48. The topological polar surface area (TPSA) is 50.9 Å². The first-order valence-electron chi connectivity index (χ1n) is 6.87. The van der Waals surface area contributed by atoms with E-state index in [4.69, 9.17) is 5.73 Å². The van der Waals surface area contributed by atoms with Gasteiger partial charge in [0.1, 0.15) is 17.3 Å². The number of hydrogen-bond donors (Lipinski definition) is 2. The largest absolute Gasteiger partial charge is 0.366 e. The standard InChI is InChI=1S/C15H16BrF2N3/c16-13-7-20-14(12-3-10(17)1-2-11(12)13)21-8-15(18)4-9(5-15)6-19/h1-3,7,9H,4-6,8,19H2,(H,20,21). The van der Waals surface area contributed by atoms with Crippen LogP contribution < -0.4 is 11.1 Å². The van der Waals surface area contributed by atoms with Crippen LogP contribution in [0.1, 0.15) is 12.8 Å². The van der Waals surface area contributed by atoms with Crippen LogP contribution in [0.15, 0.2) is 28.9 Å². The summed E-state index contributed by atoms with van der Waals surface area (Å²) in [5.74, 6) is 0.428. The molecule has 112 valence electrons. The fourth-order valence-electron chi connectivity index (χ4n) is 2.85. The SMILES string of the molecule is NCC1CC(F)(CNc2ncc(Br)c3ccc(F)cc23)C1. The van der Waals surface area contributed by atoms with Crippen molar-refractivity contribution < 1.29 is 8.78 Å². The number of nitrogens with two attached hydrogens (primary N) is 1. The summed E-state index contributed by atoms with van der Waals surface area (Å²) in [5, 5.41) is 4.50. The molecule has 0 aliphatic heterocycles. The summed E-state index contributed by atoms with van der Waals surface area (Å²) in [6.07, 6.45) is 2.58. The third-order valence-corrected chi connectivity index (χ3v) is 4.65. The van der Waals surface area contributed by atoms with Crippen LogP contribution in [0.3, 0.4) is 0 Å². The Morgan fingerprint density at radius 3 is 2.86 bits per heavy atom. The van der Waals surface area contributed by atoms with Crippen molar-refractivity contribution in [3.05, 3.63) is 34.7 Å². The van der Waals surface area contributed by atoms with Gasteiger partial charge in [-0.25, -0.2) is 13.8 Å². The summed E-state index contributed by atoms with van der Waals surface area (Å²) < 4.78 is 28.6. The summed E-state index contributed by atoms with van der Waals surface area (Å²) >= 11 is 3.39. The van der Waals surface area contributed by atoms with E-state index < -0.39 is 5.67 Å². The van der Waals surface area contributed by atoms with E-state index in [2.05, 4.69) is 26.2 Å². The Hall–Kier alpha value is -1.27. The third-order valence-electron chi connectivity index (χ3n) is 4.02. The minimum atomic E-state index is -1.24. The van der Waals surface area contributed by atoms with Gasteiger partial charge in [-0.1, -0.05) is 6.07 Å². The lowest BCUT2D eigenvalue weighted by Crippen LogP contribution is -2.47. The van der Waals surface area contributed by atoms with E-state index in [0.717, 1.165) is 9.86 Å². The Balaban J connectivity index is 1.81. The quantitative estimate of drug-likeness (QED) is 0.880. The number of rotatable bonds is 4. The molecule has 1 fully saturated rings. The molecule has 0 bridgehead atoms. The maximum atomic E-state index is 14.4. The van der Waals surface area contributed by atoms with Gasteiger partial charge in [0.2, 0.25) is 0 Å². The molecule has 6 heteroatoms. The number of nitrogens with zero attached hydrogens (tertiary/aromatic N) is 1. The predicted molar refractivity (Wildman–Crippen MR) is 83.5 cm³/mol. The van der Waals surface area contributed by atoms with Gasteiger partial charge in [0.25, 0.3) is 0 Å². The lowest BCUT2D eigenvalue weighted by Gasteiger charge is -2.41. The molecule has 1 aliphatic carbocycles. The lowest BCUT2D eigenvalue weighted by atomic mass is 9.72. The summed E-state index contributed by atoms with van der Waals surface area (Å²) in [7, 11) is 0. The van der Waals surface area contributed by atoms with Gasteiger partial charge < -0.3 is 11.1 Å². The maximum absolute atomic E-state index is 14.4. The Bertz CT molecular complexity index is 671. The number of fused-ring (bicyclic) bond motifs is 1. The van der Waals surface area contributed by atoms with E-state index in [-0.39, 0.29) is 18.3 Å². The summed E-state index contributed by atoms with van der Waals surface area (Å²) in [4.78, 5) is 4.23. The van der Waals surface area contributed by atoms with E-state index in [1.807, 2.05) is 0 Å². The van der Waals surface area contributed by atoms with Gasteiger partial charge in [-0.2, -0.15) is 0 Å². The molecule has 0 spiro atoms. The normalized spacial score (nSPS) is 24.9. The number of alkyl halides is 1. The van der Waals surface area contributed by atoms with Crippen LogP contribution in [0.2, 0.25) is 0 Å². The molecule has 1 heterocycles. The van der Waals surface area contributed by atoms with Crippen molar-refractivity contribution >= 4 is 32.5 Å². The Kier molecular flexibility index (Phi) is 3.84.